The average molecular weight is 357 g/mol. The van der Waals surface area contributed by atoms with Crippen LogP contribution in [-0.2, 0) is 19.6 Å². The molecule has 0 radical (unpaired) electrons. The van der Waals surface area contributed by atoms with E-state index in [2.05, 4.69) is 4.74 Å². The topological polar surface area (TPSA) is 96.0 Å². The summed E-state index contributed by atoms with van der Waals surface area (Å²) in [4.78, 5) is 11.8. The van der Waals surface area contributed by atoms with Gasteiger partial charge in [-0.25, -0.2) is 13.2 Å². The van der Waals surface area contributed by atoms with Crippen LogP contribution in [0.2, 0.25) is 0 Å². The van der Waals surface area contributed by atoms with Gasteiger partial charge in [0.05, 0.1) is 12.2 Å². The minimum absolute atomic E-state index is 0.0305. The van der Waals surface area contributed by atoms with Gasteiger partial charge in [-0.3, -0.25) is 0 Å². The number of carbonyl (C=O) groups is 1. The summed E-state index contributed by atoms with van der Waals surface area (Å²) in [5.74, 6) is -1.14. The number of carbonyl (C=O) groups excluding carboxylic acids is 1. The van der Waals surface area contributed by atoms with Crippen LogP contribution in [0.5, 0.6) is 0 Å². The maximum atomic E-state index is 13.0. The Kier molecular flexibility index (Phi) is 4.02. The van der Waals surface area contributed by atoms with Crippen LogP contribution in [0.4, 0.5) is 8.78 Å². The van der Waals surface area contributed by atoms with Gasteiger partial charge in [0, 0.05) is 0 Å². The van der Waals surface area contributed by atoms with Gasteiger partial charge in [0.1, 0.15) is 6.10 Å². The second-order valence-electron chi connectivity index (χ2n) is 5.31. The quantitative estimate of drug-likeness (QED) is 0.462. The summed E-state index contributed by atoms with van der Waals surface area (Å²) in [6.07, 6.45) is 0.0790. The van der Waals surface area contributed by atoms with Crippen LogP contribution in [0, 0.1) is 0 Å². The lowest BCUT2D eigenvalue weighted by Crippen LogP contribution is -2.34. The molecule has 2 aromatic carbocycles. The molecule has 6 nitrogen and oxygen atoms in total. The van der Waals surface area contributed by atoms with Crippen molar-refractivity contribution < 1.29 is 36.0 Å². The first-order valence-corrected chi connectivity index (χ1v) is 8.24. The van der Waals surface area contributed by atoms with Gasteiger partial charge in [0.15, 0.2) is 16.7 Å². The number of epoxide rings is 1. The van der Waals surface area contributed by atoms with Gasteiger partial charge >= 0.3 is 11.2 Å². The average Bonchev–Trinajstić information content (AvgIpc) is 3.35. The Morgan fingerprint density at radius 1 is 1.25 bits per heavy atom. The summed E-state index contributed by atoms with van der Waals surface area (Å²) >= 11 is 0. The number of halogens is 2. The van der Waals surface area contributed by atoms with Gasteiger partial charge in [0.2, 0.25) is 0 Å². The van der Waals surface area contributed by atoms with Gasteiger partial charge < -0.3 is 14.0 Å². The summed E-state index contributed by atoms with van der Waals surface area (Å²) in [6.45, 7) is -1.17. The molecule has 1 heterocycles. The van der Waals surface area contributed by atoms with Crippen molar-refractivity contribution in [3.8, 4) is 0 Å². The van der Waals surface area contributed by atoms with Crippen molar-refractivity contribution in [3.63, 3.8) is 0 Å². The van der Waals surface area contributed by atoms with Crippen molar-refractivity contribution in [2.75, 3.05) is 13.2 Å². The number of fused-ring (bicyclic) bond motifs is 1. The van der Waals surface area contributed by atoms with E-state index in [4.69, 9.17) is 4.74 Å². The molecular weight excluding hydrogens is 346 g/mol. The predicted molar refractivity (Wildman–Crippen MR) is 77.6 cm³/mol. The molecule has 0 amide bonds. The van der Waals surface area contributed by atoms with E-state index in [1.54, 1.807) is 12.1 Å². The van der Waals surface area contributed by atoms with E-state index >= 15 is 0 Å². The van der Waals surface area contributed by atoms with Crippen LogP contribution in [0.3, 0.4) is 0 Å². The molecule has 1 aliphatic heterocycles. The number of hydrogen-bond acceptors (Lipinski definition) is 6. The second kappa shape index (κ2) is 5.76. The molecule has 1 aliphatic rings. The molecule has 0 bridgehead atoms. The Bertz CT molecular complexity index is 905. The summed E-state index contributed by atoms with van der Waals surface area (Å²) in [6, 6.07) is 9.87. The Balaban J connectivity index is 1.76. The van der Waals surface area contributed by atoms with E-state index in [-0.39, 0.29) is 11.7 Å². The molecule has 3 rings (SSSR count). The molecule has 2 aromatic rings. The highest BCUT2D eigenvalue weighted by Crippen LogP contribution is 2.32. The maximum Gasteiger partial charge on any atom is 0.367 e. The summed E-state index contributed by atoms with van der Waals surface area (Å²) in [5, 5.41) is -3.16. The third-order valence-electron chi connectivity index (χ3n) is 3.54. The number of alkyl halides is 2. The zero-order valence-electron chi connectivity index (χ0n) is 12.1. The van der Waals surface area contributed by atoms with Gasteiger partial charge in [0.25, 0.3) is 0 Å². The standard InChI is InChI=1S/C15H12F2O6S/c16-15(17,24(19,20)21)8-23-14(18)12-4-2-9-5-11(13-7-22-13)3-1-10(9)6-12/h1-6,13H,7-8H2,(H,19,20,21)/p-1. The largest absolute Gasteiger partial charge is 0.743 e. The van der Waals surface area contributed by atoms with E-state index in [1.165, 1.54) is 12.1 Å². The summed E-state index contributed by atoms with van der Waals surface area (Å²) in [5.41, 5.74) is 0.968. The lowest BCUT2D eigenvalue weighted by Gasteiger charge is -2.19. The van der Waals surface area contributed by atoms with Crippen molar-refractivity contribution in [1.82, 2.24) is 0 Å². The van der Waals surface area contributed by atoms with Crippen LogP contribution in [0.1, 0.15) is 22.0 Å². The normalized spacial score (nSPS) is 17.7. The van der Waals surface area contributed by atoms with Crippen LogP contribution in [0.15, 0.2) is 36.4 Å². The first kappa shape index (κ1) is 16.7. The van der Waals surface area contributed by atoms with E-state index in [9.17, 15) is 26.5 Å². The van der Waals surface area contributed by atoms with E-state index in [0.29, 0.717) is 12.0 Å². The Morgan fingerprint density at radius 2 is 1.88 bits per heavy atom. The molecule has 0 saturated carbocycles. The smallest absolute Gasteiger partial charge is 0.367 e. The lowest BCUT2D eigenvalue weighted by atomic mass is 10.0. The first-order valence-electron chi connectivity index (χ1n) is 6.83. The predicted octanol–water partition coefficient (Wildman–Crippen LogP) is 2.21. The third kappa shape index (κ3) is 3.37. The number of hydrogen-bond donors (Lipinski definition) is 0. The SMILES string of the molecule is O=C(OCC(F)(F)S(=O)(=O)[O-])c1ccc2cc(C3CO3)ccc2c1. The highest BCUT2D eigenvalue weighted by Gasteiger charge is 2.39. The molecule has 9 heteroatoms. The first-order chi connectivity index (χ1) is 11.2. The van der Waals surface area contributed by atoms with Crippen LogP contribution in [0.25, 0.3) is 10.8 Å². The van der Waals surface area contributed by atoms with E-state index in [0.717, 1.165) is 10.9 Å². The molecule has 1 unspecified atom stereocenters. The van der Waals surface area contributed by atoms with Crippen molar-refractivity contribution >= 4 is 26.9 Å². The van der Waals surface area contributed by atoms with Crippen LogP contribution in [-0.4, -0.2) is 37.4 Å². The Labute approximate surface area is 135 Å². The van der Waals surface area contributed by atoms with E-state index < -0.39 is 27.9 Å². The molecule has 1 atom stereocenters. The molecule has 0 spiro atoms. The molecule has 0 aromatic heterocycles. The van der Waals surface area contributed by atoms with E-state index in [1.807, 2.05) is 12.1 Å². The van der Waals surface area contributed by atoms with Crippen LogP contribution >= 0.6 is 0 Å². The fourth-order valence-electron chi connectivity index (χ4n) is 2.14. The molecule has 0 N–H and O–H groups in total. The lowest BCUT2D eigenvalue weighted by molar-refractivity contribution is -0.00995. The molecule has 128 valence electrons. The van der Waals surface area contributed by atoms with Gasteiger partial charge in [-0.15, -0.1) is 0 Å². The number of ether oxygens (including phenoxy) is 2. The minimum Gasteiger partial charge on any atom is -0.743 e. The number of benzene rings is 2. The number of esters is 1. The number of rotatable bonds is 5. The second-order valence-corrected chi connectivity index (χ2v) is 6.82. The van der Waals surface area contributed by atoms with Gasteiger partial charge in [-0.1, -0.05) is 18.2 Å². The minimum atomic E-state index is -5.89. The molecular formula is C15H11F2O6S-. The van der Waals surface area contributed by atoms with Crippen LogP contribution < -0.4 is 0 Å². The zero-order valence-corrected chi connectivity index (χ0v) is 12.9. The molecule has 0 aliphatic carbocycles. The fraction of sp³-hybridized carbons (Fsp3) is 0.267. The Morgan fingerprint density at radius 3 is 2.50 bits per heavy atom. The fourth-order valence-corrected chi connectivity index (χ4v) is 2.34. The van der Waals surface area contributed by atoms with Crippen molar-refractivity contribution in [2.45, 2.75) is 11.4 Å². The van der Waals surface area contributed by atoms with Crippen molar-refractivity contribution in [3.05, 3.63) is 47.5 Å². The van der Waals surface area contributed by atoms with Crippen molar-refractivity contribution in [1.29, 1.82) is 0 Å². The molecule has 24 heavy (non-hydrogen) atoms. The molecule has 1 saturated heterocycles. The van der Waals surface area contributed by atoms with Gasteiger partial charge in [-0.05, 0) is 34.5 Å². The van der Waals surface area contributed by atoms with Crippen molar-refractivity contribution in [2.24, 2.45) is 0 Å². The monoisotopic (exact) mass is 357 g/mol. The third-order valence-corrected chi connectivity index (χ3v) is 4.39. The maximum absolute atomic E-state index is 13.0. The zero-order chi connectivity index (χ0) is 17.5. The summed E-state index contributed by atoms with van der Waals surface area (Å²) in [7, 11) is -5.89. The highest BCUT2D eigenvalue weighted by atomic mass is 32.2. The Hall–Kier alpha value is -2.10. The van der Waals surface area contributed by atoms with Gasteiger partial charge in [-0.2, -0.15) is 8.78 Å². The summed E-state index contributed by atoms with van der Waals surface area (Å²) < 4.78 is 66.5. The highest BCUT2D eigenvalue weighted by molar-refractivity contribution is 7.86. The molecule has 1 fully saturated rings.